The molecule has 0 aromatic heterocycles. The second-order valence-electron chi connectivity index (χ2n) is 5.00. The van der Waals surface area contributed by atoms with Crippen LogP contribution in [0.4, 0.5) is 4.79 Å². The smallest absolute Gasteiger partial charge is 0.321 e. The third kappa shape index (κ3) is 7.46. The molecule has 0 heterocycles. The van der Waals surface area contributed by atoms with E-state index >= 15 is 0 Å². The van der Waals surface area contributed by atoms with Crippen LogP contribution in [0.5, 0.6) is 0 Å². The minimum absolute atomic E-state index is 0.224. The fourth-order valence-electron chi connectivity index (χ4n) is 2.02. The maximum absolute atomic E-state index is 11.9. The third-order valence-corrected chi connectivity index (χ3v) is 2.94. The van der Waals surface area contributed by atoms with Crippen molar-refractivity contribution in [2.75, 3.05) is 19.6 Å². The molecule has 0 aliphatic rings. The maximum atomic E-state index is 11.9. The Morgan fingerprint density at radius 2 is 1.81 bits per heavy atom. The van der Waals surface area contributed by atoms with E-state index in [9.17, 15) is 9.59 Å². The Balaban J connectivity index is 2.46. The van der Waals surface area contributed by atoms with Crippen LogP contribution >= 0.6 is 0 Å². The zero-order chi connectivity index (χ0) is 15.5. The van der Waals surface area contributed by atoms with Crippen LogP contribution in [0.15, 0.2) is 30.3 Å². The Bertz CT molecular complexity index is 434. The Kier molecular flexibility index (Phi) is 8.12. The number of imide groups is 1. The number of urea groups is 1. The molecule has 116 valence electrons. The molecule has 1 aromatic carbocycles. The van der Waals surface area contributed by atoms with E-state index in [2.05, 4.69) is 17.6 Å². The lowest BCUT2D eigenvalue weighted by Crippen LogP contribution is -2.44. The van der Waals surface area contributed by atoms with Gasteiger partial charge in [0.2, 0.25) is 5.91 Å². The van der Waals surface area contributed by atoms with Crippen molar-refractivity contribution in [2.45, 2.75) is 33.2 Å². The number of carbonyl (C=O) groups is 2. The van der Waals surface area contributed by atoms with E-state index in [0.717, 1.165) is 24.9 Å². The number of benzene rings is 1. The van der Waals surface area contributed by atoms with Crippen molar-refractivity contribution in [2.24, 2.45) is 0 Å². The zero-order valence-corrected chi connectivity index (χ0v) is 12.9. The van der Waals surface area contributed by atoms with Gasteiger partial charge in [-0.05, 0) is 24.9 Å². The van der Waals surface area contributed by atoms with E-state index in [1.807, 2.05) is 42.2 Å². The standard InChI is InChI=1S/C16H25N3O2/c1-3-10-17-16(21)18-15(20)13-19(11-4-2)12-14-8-6-5-7-9-14/h5-9H,3-4,10-13H2,1-2H3,(H2,17,18,20,21). The summed E-state index contributed by atoms with van der Waals surface area (Å²) in [6, 6.07) is 9.59. The van der Waals surface area contributed by atoms with Gasteiger partial charge < -0.3 is 5.32 Å². The molecule has 0 bridgehead atoms. The van der Waals surface area contributed by atoms with Crippen LogP contribution < -0.4 is 10.6 Å². The average molecular weight is 291 g/mol. The van der Waals surface area contributed by atoms with Gasteiger partial charge in [-0.1, -0.05) is 44.2 Å². The molecule has 3 amide bonds. The van der Waals surface area contributed by atoms with E-state index in [4.69, 9.17) is 0 Å². The first-order valence-corrected chi connectivity index (χ1v) is 7.49. The molecule has 1 rings (SSSR count). The molecule has 2 N–H and O–H groups in total. The Morgan fingerprint density at radius 3 is 2.43 bits per heavy atom. The monoisotopic (exact) mass is 291 g/mol. The molecule has 5 nitrogen and oxygen atoms in total. The average Bonchev–Trinajstić information content (AvgIpc) is 2.46. The lowest BCUT2D eigenvalue weighted by molar-refractivity contribution is -0.121. The van der Waals surface area contributed by atoms with Crippen molar-refractivity contribution in [3.63, 3.8) is 0 Å². The van der Waals surface area contributed by atoms with E-state index in [1.54, 1.807) is 0 Å². The minimum Gasteiger partial charge on any atom is -0.338 e. The second-order valence-corrected chi connectivity index (χ2v) is 5.00. The van der Waals surface area contributed by atoms with Crippen molar-refractivity contribution in [3.05, 3.63) is 35.9 Å². The summed E-state index contributed by atoms with van der Waals surface area (Å²) in [6.07, 6.45) is 1.81. The highest BCUT2D eigenvalue weighted by Gasteiger charge is 2.12. The fraction of sp³-hybridized carbons (Fsp3) is 0.500. The molecule has 21 heavy (non-hydrogen) atoms. The van der Waals surface area contributed by atoms with Gasteiger partial charge in [-0.3, -0.25) is 15.0 Å². The molecule has 1 aromatic rings. The summed E-state index contributed by atoms with van der Waals surface area (Å²) in [5.41, 5.74) is 1.16. The first-order valence-electron chi connectivity index (χ1n) is 7.49. The lowest BCUT2D eigenvalue weighted by Gasteiger charge is -2.21. The number of hydrogen-bond acceptors (Lipinski definition) is 3. The summed E-state index contributed by atoms with van der Waals surface area (Å²) in [5, 5.41) is 4.99. The van der Waals surface area contributed by atoms with Crippen LogP contribution in [-0.4, -0.2) is 36.5 Å². The molecular weight excluding hydrogens is 266 g/mol. The van der Waals surface area contributed by atoms with Gasteiger partial charge in [0.25, 0.3) is 0 Å². The largest absolute Gasteiger partial charge is 0.338 e. The van der Waals surface area contributed by atoms with E-state index in [0.29, 0.717) is 13.1 Å². The minimum atomic E-state index is -0.419. The Hall–Kier alpha value is -1.88. The molecular formula is C16H25N3O2. The second kappa shape index (κ2) is 9.94. The van der Waals surface area contributed by atoms with Crippen molar-refractivity contribution in [1.82, 2.24) is 15.5 Å². The number of nitrogens with one attached hydrogen (secondary N) is 2. The van der Waals surface area contributed by atoms with E-state index < -0.39 is 6.03 Å². The highest BCUT2D eigenvalue weighted by atomic mass is 16.2. The van der Waals surface area contributed by atoms with Gasteiger partial charge in [0.05, 0.1) is 6.54 Å². The van der Waals surface area contributed by atoms with Gasteiger partial charge in [-0.15, -0.1) is 0 Å². The molecule has 0 spiro atoms. The molecule has 0 fully saturated rings. The molecule has 0 atom stereocenters. The molecule has 0 unspecified atom stereocenters. The van der Waals surface area contributed by atoms with E-state index in [-0.39, 0.29) is 12.5 Å². The zero-order valence-electron chi connectivity index (χ0n) is 12.9. The van der Waals surface area contributed by atoms with Gasteiger partial charge in [0, 0.05) is 13.1 Å². The topological polar surface area (TPSA) is 61.4 Å². The summed E-state index contributed by atoms with van der Waals surface area (Å²) in [6.45, 7) is 6.36. The highest BCUT2D eigenvalue weighted by molar-refractivity contribution is 5.95. The molecule has 0 aliphatic carbocycles. The Morgan fingerprint density at radius 1 is 1.10 bits per heavy atom. The number of hydrogen-bond donors (Lipinski definition) is 2. The van der Waals surface area contributed by atoms with Gasteiger partial charge in [-0.2, -0.15) is 0 Å². The predicted octanol–water partition coefficient (Wildman–Crippen LogP) is 2.13. The summed E-state index contributed by atoms with van der Waals surface area (Å²) in [5.74, 6) is -0.270. The molecule has 0 radical (unpaired) electrons. The first-order chi connectivity index (χ1) is 10.2. The molecule has 0 aliphatic heterocycles. The highest BCUT2D eigenvalue weighted by Crippen LogP contribution is 2.04. The number of carbonyl (C=O) groups excluding carboxylic acids is 2. The van der Waals surface area contributed by atoms with Gasteiger partial charge >= 0.3 is 6.03 Å². The third-order valence-electron chi connectivity index (χ3n) is 2.94. The van der Waals surface area contributed by atoms with Gasteiger partial charge in [-0.25, -0.2) is 4.79 Å². The lowest BCUT2D eigenvalue weighted by atomic mass is 10.2. The summed E-state index contributed by atoms with van der Waals surface area (Å²) >= 11 is 0. The first kappa shape index (κ1) is 17.2. The SMILES string of the molecule is CCCNC(=O)NC(=O)CN(CCC)Cc1ccccc1. The van der Waals surface area contributed by atoms with Crippen molar-refractivity contribution < 1.29 is 9.59 Å². The summed E-state index contributed by atoms with van der Waals surface area (Å²) < 4.78 is 0. The van der Waals surface area contributed by atoms with Gasteiger partial charge in [0.15, 0.2) is 0 Å². The van der Waals surface area contributed by atoms with Crippen molar-refractivity contribution in [3.8, 4) is 0 Å². The molecule has 0 saturated carbocycles. The normalized spacial score (nSPS) is 10.4. The fourth-order valence-corrected chi connectivity index (χ4v) is 2.02. The molecule has 5 heteroatoms. The maximum Gasteiger partial charge on any atom is 0.321 e. The van der Waals surface area contributed by atoms with Crippen LogP contribution in [0.3, 0.4) is 0 Å². The van der Waals surface area contributed by atoms with Crippen molar-refractivity contribution in [1.29, 1.82) is 0 Å². The quantitative estimate of drug-likeness (QED) is 0.771. The number of rotatable bonds is 8. The summed E-state index contributed by atoms with van der Waals surface area (Å²) in [7, 11) is 0. The Labute approximate surface area is 126 Å². The van der Waals surface area contributed by atoms with Crippen LogP contribution in [0.1, 0.15) is 32.3 Å². The van der Waals surface area contributed by atoms with Gasteiger partial charge in [0.1, 0.15) is 0 Å². The van der Waals surface area contributed by atoms with Crippen molar-refractivity contribution >= 4 is 11.9 Å². The predicted molar refractivity (Wildman–Crippen MR) is 83.8 cm³/mol. The number of amides is 3. The summed E-state index contributed by atoms with van der Waals surface area (Å²) in [4.78, 5) is 25.4. The van der Waals surface area contributed by atoms with Crippen LogP contribution in [-0.2, 0) is 11.3 Å². The molecule has 0 saturated heterocycles. The van der Waals surface area contributed by atoms with Crippen LogP contribution in [0, 0.1) is 0 Å². The van der Waals surface area contributed by atoms with Crippen LogP contribution in [0.2, 0.25) is 0 Å². The van der Waals surface area contributed by atoms with E-state index in [1.165, 1.54) is 0 Å². The van der Waals surface area contributed by atoms with Crippen LogP contribution in [0.25, 0.3) is 0 Å². The number of nitrogens with zero attached hydrogens (tertiary/aromatic N) is 1.